The number of benzene rings is 1. The summed E-state index contributed by atoms with van der Waals surface area (Å²) < 4.78 is 1.32. The number of aromatic nitrogens is 2. The molecule has 0 saturated carbocycles. The van der Waals surface area contributed by atoms with Crippen LogP contribution < -0.4 is 5.43 Å². The minimum atomic E-state index is -0.526. The lowest BCUT2D eigenvalue weighted by Crippen LogP contribution is -2.21. The van der Waals surface area contributed by atoms with Gasteiger partial charge in [-0.2, -0.15) is 10.2 Å². The molecule has 0 saturated heterocycles. The first-order valence-electron chi connectivity index (χ1n) is 5.74. The Morgan fingerprint density at radius 2 is 2.33 bits per heavy atom. The first-order valence-corrected chi connectivity index (χ1v) is 6.12. The third kappa shape index (κ3) is 3.42. The van der Waals surface area contributed by atoms with E-state index in [0.717, 1.165) is 0 Å². The highest BCUT2D eigenvalue weighted by Crippen LogP contribution is 2.14. The molecule has 8 nitrogen and oxygen atoms in total. The van der Waals surface area contributed by atoms with E-state index in [0.29, 0.717) is 5.56 Å². The number of nitro groups is 1. The molecule has 1 heterocycles. The number of aryl methyl sites for hydroxylation is 1. The van der Waals surface area contributed by atoms with Crippen LogP contribution in [0.15, 0.2) is 35.6 Å². The summed E-state index contributed by atoms with van der Waals surface area (Å²) in [5.74, 6) is -0.526. The SMILES string of the molecule is Cn1ncc(Cl)c1C(=O)NN=Cc1cccc([N+](=O)[O-])c1. The van der Waals surface area contributed by atoms with Gasteiger partial charge < -0.3 is 0 Å². The summed E-state index contributed by atoms with van der Waals surface area (Å²) in [5, 5.41) is 18.4. The fourth-order valence-corrected chi connectivity index (χ4v) is 1.85. The van der Waals surface area contributed by atoms with E-state index in [1.807, 2.05) is 0 Å². The number of rotatable bonds is 4. The maximum Gasteiger partial charge on any atom is 0.291 e. The summed E-state index contributed by atoms with van der Waals surface area (Å²) in [6, 6.07) is 5.86. The number of hydrogen-bond donors (Lipinski definition) is 1. The lowest BCUT2D eigenvalue weighted by Gasteiger charge is -2.00. The number of nitrogens with zero attached hydrogens (tertiary/aromatic N) is 4. The molecule has 2 rings (SSSR count). The number of nitrogens with one attached hydrogen (secondary N) is 1. The van der Waals surface area contributed by atoms with Gasteiger partial charge in [-0.3, -0.25) is 19.6 Å². The summed E-state index contributed by atoms with van der Waals surface area (Å²) in [5.41, 5.74) is 2.88. The molecule has 21 heavy (non-hydrogen) atoms. The molecule has 1 N–H and O–H groups in total. The van der Waals surface area contributed by atoms with Gasteiger partial charge in [-0.05, 0) is 0 Å². The molecule has 1 aromatic carbocycles. The van der Waals surface area contributed by atoms with Crippen LogP contribution in [0.5, 0.6) is 0 Å². The maximum absolute atomic E-state index is 11.8. The Balaban J connectivity index is 2.07. The second kappa shape index (κ2) is 6.14. The third-order valence-electron chi connectivity index (χ3n) is 2.57. The smallest absolute Gasteiger partial charge is 0.266 e. The monoisotopic (exact) mass is 307 g/mol. The highest BCUT2D eigenvalue weighted by molar-refractivity contribution is 6.33. The second-order valence-electron chi connectivity index (χ2n) is 4.02. The van der Waals surface area contributed by atoms with E-state index in [9.17, 15) is 14.9 Å². The molecule has 0 aliphatic carbocycles. The molecule has 108 valence electrons. The lowest BCUT2D eigenvalue weighted by atomic mass is 10.2. The van der Waals surface area contributed by atoms with Gasteiger partial charge in [-0.15, -0.1) is 0 Å². The topological polar surface area (TPSA) is 102 Å². The van der Waals surface area contributed by atoms with Gasteiger partial charge in [0.05, 0.1) is 22.4 Å². The Morgan fingerprint density at radius 1 is 1.57 bits per heavy atom. The van der Waals surface area contributed by atoms with Gasteiger partial charge in [-0.25, -0.2) is 5.43 Å². The predicted molar refractivity (Wildman–Crippen MR) is 76.4 cm³/mol. The summed E-state index contributed by atoms with van der Waals surface area (Å²) in [4.78, 5) is 22.0. The molecule has 1 aromatic heterocycles. The molecule has 0 radical (unpaired) electrons. The van der Waals surface area contributed by atoms with Crippen molar-refractivity contribution in [1.29, 1.82) is 0 Å². The number of nitro benzene ring substituents is 1. The maximum atomic E-state index is 11.8. The van der Waals surface area contributed by atoms with Crippen LogP contribution in [-0.4, -0.2) is 26.8 Å². The Kier molecular flexibility index (Phi) is 4.29. The number of hydrazone groups is 1. The zero-order valence-corrected chi connectivity index (χ0v) is 11.6. The average Bonchev–Trinajstić information content (AvgIpc) is 2.78. The summed E-state index contributed by atoms with van der Waals surface area (Å²) >= 11 is 5.82. The van der Waals surface area contributed by atoms with E-state index in [1.54, 1.807) is 13.1 Å². The van der Waals surface area contributed by atoms with Gasteiger partial charge >= 0.3 is 0 Å². The highest BCUT2D eigenvalue weighted by atomic mass is 35.5. The van der Waals surface area contributed by atoms with Crippen molar-refractivity contribution in [3.05, 3.63) is 56.9 Å². The van der Waals surface area contributed by atoms with E-state index in [4.69, 9.17) is 11.6 Å². The van der Waals surface area contributed by atoms with Crippen molar-refractivity contribution in [2.75, 3.05) is 0 Å². The molecule has 0 bridgehead atoms. The van der Waals surface area contributed by atoms with Gasteiger partial charge in [-0.1, -0.05) is 23.7 Å². The van der Waals surface area contributed by atoms with Gasteiger partial charge in [0.25, 0.3) is 11.6 Å². The number of amides is 1. The first-order chi connectivity index (χ1) is 9.99. The average molecular weight is 308 g/mol. The van der Waals surface area contributed by atoms with Crippen LogP contribution in [0.25, 0.3) is 0 Å². The Hall–Kier alpha value is -2.74. The molecule has 2 aromatic rings. The Morgan fingerprint density at radius 3 is 2.95 bits per heavy atom. The minimum absolute atomic E-state index is 0.0556. The fraction of sp³-hybridized carbons (Fsp3) is 0.0833. The summed E-state index contributed by atoms with van der Waals surface area (Å²) in [6.07, 6.45) is 2.65. The molecule has 1 amide bonds. The van der Waals surface area contributed by atoms with Gasteiger partial charge in [0.2, 0.25) is 0 Å². The van der Waals surface area contributed by atoms with Crippen molar-refractivity contribution in [3.8, 4) is 0 Å². The molecule has 0 spiro atoms. The van der Waals surface area contributed by atoms with Crippen molar-refractivity contribution in [1.82, 2.24) is 15.2 Å². The molecule has 0 fully saturated rings. The van der Waals surface area contributed by atoms with Crippen LogP contribution >= 0.6 is 11.6 Å². The van der Waals surface area contributed by atoms with E-state index >= 15 is 0 Å². The van der Waals surface area contributed by atoms with Crippen LogP contribution in [0, 0.1) is 10.1 Å². The standard InChI is InChI=1S/C12H10ClN5O3/c1-17-11(10(13)7-15-17)12(19)16-14-6-8-3-2-4-9(5-8)18(20)21/h2-7H,1H3,(H,16,19). The van der Waals surface area contributed by atoms with Crippen LogP contribution in [0.4, 0.5) is 5.69 Å². The van der Waals surface area contributed by atoms with Crippen LogP contribution in [0.3, 0.4) is 0 Å². The zero-order chi connectivity index (χ0) is 15.4. The molecule has 0 aliphatic heterocycles. The Labute approximate surface area is 124 Å². The Bertz CT molecular complexity index is 706. The number of non-ortho nitro benzene ring substituents is 1. The summed E-state index contributed by atoms with van der Waals surface area (Å²) in [6.45, 7) is 0. The fourth-order valence-electron chi connectivity index (χ4n) is 1.60. The largest absolute Gasteiger partial charge is 0.291 e. The highest BCUT2D eigenvalue weighted by Gasteiger charge is 2.14. The van der Waals surface area contributed by atoms with Crippen LogP contribution in [0.1, 0.15) is 16.1 Å². The van der Waals surface area contributed by atoms with Crippen LogP contribution in [0.2, 0.25) is 5.02 Å². The third-order valence-corrected chi connectivity index (χ3v) is 2.85. The van der Waals surface area contributed by atoms with Crippen molar-refractivity contribution in [3.63, 3.8) is 0 Å². The minimum Gasteiger partial charge on any atom is -0.266 e. The molecule has 0 atom stereocenters. The second-order valence-corrected chi connectivity index (χ2v) is 4.42. The number of halogens is 1. The van der Waals surface area contributed by atoms with E-state index in [-0.39, 0.29) is 16.4 Å². The van der Waals surface area contributed by atoms with E-state index in [2.05, 4.69) is 15.6 Å². The predicted octanol–water partition coefficient (Wildman–Crippen LogP) is 1.75. The summed E-state index contributed by atoms with van der Waals surface area (Å²) in [7, 11) is 1.57. The molecular formula is C12H10ClN5O3. The normalized spacial score (nSPS) is 10.8. The van der Waals surface area contributed by atoms with Crippen molar-refractivity contribution in [2.24, 2.45) is 12.1 Å². The van der Waals surface area contributed by atoms with Crippen molar-refractivity contribution in [2.45, 2.75) is 0 Å². The van der Waals surface area contributed by atoms with Crippen molar-refractivity contribution >= 4 is 29.4 Å². The molecule has 0 aliphatic rings. The van der Waals surface area contributed by atoms with Gasteiger partial charge in [0, 0.05) is 24.7 Å². The van der Waals surface area contributed by atoms with Crippen LogP contribution in [-0.2, 0) is 7.05 Å². The molecular weight excluding hydrogens is 298 g/mol. The number of carbonyl (C=O) groups excluding carboxylic acids is 1. The van der Waals surface area contributed by atoms with Crippen molar-refractivity contribution < 1.29 is 9.72 Å². The number of hydrogen-bond acceptors (Lipinski definition) is 5. The van der Waals surface area contributed by atoms with Gasteiger partial charge in [0.1, 0.15) is 5.69 Å². The first kappa shape index (κ1) is 14.7. The zero-order valence-electron chi connectivity index (χ0n) is 10.9. The molecule has 9 heteroatoms. The van der Waals surface area contributed by atoms with E-state index in [1.165, 1.54) is 35.3 Å². The van der Waals surface area contributed by atoms with Gasteiger partial charge in [0.15, 0.2) is 0 Å². The number of carbonyl (C=O) groups is 1. The van der Waals surface area contributed by atoms with E-state index < -0.39 is 10.8 Å². The quantitative estimate of drug-likeness (QED) is 0.528. The lowest BCUT2D eigenvalue weighted by molar-refractivity contribution is -0.384. The molecule has 0 unspecified atom stereocenters.